The van der Waals surface area contributed by atoms with Crippen LogP contribution in [0.5, 0.6) is 0 Å². The van der Waals surface area contributed by atoms with Gasteiger partial charge < -0.3 is 0 Å². The van der Waals surface area contributed by atoms with E-state index in [4.69, 9.17) is 11.6 Å². The van der Waals surface area contributed by atoms with Gasteiger partial charge in [0.15, 0.2) is 0 Å². The number of halogens is 1. The number of fused-ring (bicyclic) bond motifs is 1. The fraction of sp³-hybridized carbons (Fsp3) is 0.231. The van der Waals surface area contributed by atoms with E-state index in [1.807, 2.05) is 0 Å². The van der Waals surface area contributed by atoms with Gasteiger partial charge in [0, 0.05) is 10.6 Å². The molecule has 0 saturated heterocycles. The Balaban J connectivity index is 2.48. The molecule has 0 amide bonds. The zero-order chi connectivity index (χ0) is 10.7. The number of allylic oxidation sites excluding steroid dienone is 1. The van der Waals surface area contributed by atoms with E-state index in [0.717, 1.165) is 6.42 Å². The fourth-order valence-electron chi connectivity index (χ4n) is 1.57. The van der Waals surface area contributed by atoms with Gasteiger partial charge in [0.2, 0.25) is 0 Å². The molecule has 0 atom stereocenters. The van der Waals surface area contributed by atoms with Gasteiger partial charge in [-0.25, -0.2) is 0 Å². The highest BCUT2D eigenvalue weighted by molar-refractivity contribution is 7.17. The Kier molecular flexibility index (Phi) is 3.45. The van der Waals surface area contributed by atoms with Crippen LogP contribution in [0, 0.1) is 0 Å². The third kappa shape index (κ3) is 2.24. The van der Waals surface area contributed by atoms with Gasteiger partial charge in [-0.2, -0.15) is 0 Å². The van der Waals surface area contributed by atoms with Gasteiger partial charge in [-0.3, -0.25) is 0 Å². The van der Waals surface area contributed by atoms with Gasteiger partial charge in [0.1, 0.15) is 0 Å². The number of benzene rings is 1. The third-order valence-corrected chi connectivity index (χ3v) is 3.82. The molecule has 0 aliphatic carbocycles. The molecule has 0 saturated carbocycles. The SMILES string of the molecule is CCC(=Cc1csc2ccccc12)CCl. The lowest BCUT2D eigenvalue weighted by atomic mass is 10.1. The maximum absolute atomic E-state index is 5.87. The Labute approximate surface area is 99.2 Å². The predicted molar refractivity (Wildman–Crippen MR) is 70.8 cm³/mol. The lowest BCUT2D eigenvalue weighted by molar-refractivity contribution is 1.12. The van der Waals surface area contributed by atoms with Crippen LogP contribution in [0.2, 0.25) is 0 Å². The van der Waals surface area contributed by atoms with Gasteiger partial charge in [-0.15, -0.1) is 22.9 Å². The zero-order valence-electron chi connectivity index (χ0n) is 8.66. The molecular formula is C13H13ClS. The average Bonchev–Trinajstić information content (AvgIpc) is 2.69. The molecule has 0 bridgehead atoms. The molecule has 15 heavy (non-hydrogen) atoms. The summed E-state index contributed by atoms with van der Waals surface area (Å²) in [4.78, 5) is 0. The summed E-state index contributed by atoms with van der Waals surface area (Å²) in [5, 5.41) is 3.53. The van der Waals surface area contributed by atoms with Crippen LogP contribution in [0.3, 0.4) is 0 Å². The lowest BCUT2D eigenvalue weighted by Crippen LogP contribution is -1.81. The molecule has 0 aliphatic heterocycles. The van der Waals surface area contributed by atoms with Crippen molar-refractivity contribution < 1.29 is 0 Å². The van der Waals surface area contributed by atoms with Gasteiger partial charge in [0.25, 0.3) is 0 Å². The maximum Gasteiger partial charge on any atom is 0.0436 e. The molecule has 78 valence electrons. The quantitative estimate of drug-likeness (QED) is 0.663. The van der Waals surface area contributed by atoms with Crippen molar-refractivity contribution in [2.24, 2.45) is 0 Å². The third-order valence-electron chi connectivity index (χ3n) is 2.50. The van der Waals surface area contributed by atoms with Crippen molar-refractivity contribution in [3.8, 4) is 0 Å². The second-order valence-corrected chi connectivity index (χ2v) is 4.66. The van der Waals surface area contributed by atoms with Crippen molar-refractivity contribution in [3.05, 3.63) is 40.8 Å². The van der Waals surface area contributed by atoms with Gasteiger partial charge in [-0.1, -0.05) is 36.8 Å². The molecule has 0 fully saturated rings. The van der Waals surface area contributed by atoms with E-state index in [-0.39, 0.29) is 0 Å². The monoisotopic (exact) mass is 236 g/mol. The van der Waals surface area contributed by atoms with Crippen LogP contribution < -0.4 is 0 Å². The maximum atomic E-state index is 5.87. The molecule has 0 N–H and O–H groups in total. The minimum atomic E-state index is 0.626. The molecular weight excluding hydrogens is 224 g/mol. The number of rotatable bonds is 3. The summed E-state index contributed by atoms with van der Waals surface area (Å²) < 4.78 is 1.34. The molecule has 1 aromatic carbocycles. The Morgan fingerprint density at radius 1 is 1.40 bits per heavy atom. The first-order valence-electron chi connectivity index (χ1n) is 5.06. The Hall–Kier alpha value is -0.790. The van der Waals surface area contributed by atoms with Crippen molar-refractivity contribution in [3.63, 3.8) is 0 Å². The second kappa shape index (κ2) is 4.82. The van der Waals surface area contributed by atoms with Crippen LogP contribution in [0.4, 0.5) is 0 Å². The van der Waals surface area contributed by atoms with Crippen molar-refractivity contribution >= 4 is 39.1 Å². The summed E-state index contributed by atoms with van der Waals surface area (Å²) in [6.45, 7) is 2.14. The van der Waals surface area contributed by atoms with Gasteiger partial charge in [0.05, 0.1) is 0 Å². The summed E-state index contributed by atoms with van der Waals surface area (Å²) in [7, 11) is 0. The highest BCUT2D eigenvalue weighted by atomic mass is 35.5. The second-order valence-electron chi connectivity index (χ2n) is 3.48. The minimum Gasteiger partial charge on any atom is -0.143 e. The van der Waals surface area contributed by atoms with E-state index < -0.39 is 0 Å². The fourth-order valence-corrected chi connectivity index (χ4v) is 2.75. The van der Waals surface area contributed by atoms with E-state index in [1.165, 1.54) is 21.2 Å². The van der Waals surface area contributed by atoms with E-state index in [1.54, 1.807) is 11.3 Å². The van der Waals surface area contributed by atoms with Crippen molar-refractivity contribution in [1.29, 1.82) is 0 Å². The number of alkyl halides is 1. The first kappa shape index (κ1) is 10.7. The van der Waals surface area contributed by atoms with Crippen LogP contribution in [-0.2, 0) is 0 Å². The summed E-state index contributed by atoms with van der Waals surface area (Å²) in [5.74, 6) is 0.626. The Bertz CT molecular complexity index is 476. The molecule has 2 heteroatoms. The van der Waals surface area contributed by atoms with Crippen LogP contribution in [0.15, 0.2) is 35.2 Å². The highest BCUT2D eigenvalue weighted by Gasteiger charge is 2.01. The van der Waals surface area contributed by atoms with Gasteiger partial charge >= 0.3 is 0 Å². The molecule has 0 aliphatic rings. The molecule has 0 nitrogen and oxygen atoms in total. The largest absolute Gasteiger partial charge is 0.143 e. The van der Waals surface area contributed by atoms with Crippen molar-refractivity contribution in [2.75, 3.05) is 5.88 Å². The smallest absolute Gasteiger partial charge is 0.0436 e. The lowest BCUT2D eigenvalue weighted by Gasteiger charge is -1.98. The predicted octanol–water partition coefficient (Wildman–Crippen LogP) is 4.93. The average molecular weight is 237 g/mol. The number of hydrogen-bond donors (Lipinski definition) is 0. The minimum absolute atomic E-state index is 0.626. The molecule has 2 rings (SSSR count). The molecule has 0 unspecified atom stereocenters. The highest BCUT2D eigenvalue weighted by Crippen LogP contribution is 2.27. The Morgan fingerprint density at radius 2 is 2.20 bits per heavy atom. The van der Waals surface area contributed by atoms with Crippen LogP contribution in [0.25, 0.3) is 16.2 Å². The molecule has 1 heterocycles. The zero-order valence-corrected chi connectivity index (χ0v) is 10.2. The summed E-state index contributed by atoms with van der Waals surface area (Å²) in [6, 6.07) is 8.48. The molecule has 1 aromatic heterocycles. The summed E-state index contributed by atoms with van der Waals surface area (Å²) >= 11 is 7.66. The van der Waals surface area contributed by atoms with Crippen molar-refractivity contribution in [1.82, 2.24) is 0 Å². The normalized spacial score (nSPS) is 12.3. The topological polar surface area (TPSA) is 0 Å². The first-order valence-corrected chi connectivity index (χ1v) is 6.48. The number of hydrogen-bond acceptors (Lipinski definition) is 1. The molecule has 0 spiro atoms. The van der Waals surface area contributed by atoms with Crippen LogP contribution in [-0.4, -0.2) is 5.88 Å². The van der Waals surface area contributed by atoms with Crippen LogP contribution in [0.1, 0.15) is 18.9 Å². The Morgan fingerprint density at radius 3 is 2.93 bits per heavy atom. The summed E-state index contributed by atoms with van der Waals surface area (Å²) in [5.41, 5.74) is 2.59. The molecule has 2 aromatic rings. The van der Waals surface area contributed by atoms with Crippen LogP contribution >= 0.6 is 22.9 Å². The first-order chi connectivity index (χ1) is 7.35. The summed E-state index contributed by atoms with van der Waals surface area (Å²) in [6.07, 6.45) is 3.24. The van der Waals surface area contributed by atoms with E-state index in [0.29, 0.717) is 5.88 Å². The van der Waals surface area contributed by atoms with Crippen molar-refractivity contribution in [2.45, 2.75) is 13.3 Å². The van der Waals surface area contributed by atoms with E-state index in [2.05, 4.69) is 42.6 Å². The molecule has 0 radical (unpaired) electrons. The van der Waals surface area contributed by atoms with Gasteiger partial charge in [-0.05, 0) is 28.8 Å². The van der Waals surface area contributed by atoms with E-state index in [9.17, 15) is 0 Å². The van der Waals surface area contributed by atoms with E-state index >= 15 is 0 Å². The number of thiophene rings is 1. The standard InChI is InChI=1S/C13H13ClS/c1-2-10(8-14)7-11-9-15-13-6-4-3-5-12(11)13/h3-7,9H,2,8H2,1H3.